The molecule has 3 nitrogen and oxygen atoms in total. The zero-order valence-corrected chi connectivity index (χ0v) is 8.15. The standard InChI is InChI=1S/C11H16N2O/c12-6-11(7-13)5-9-1-3-10(8-14)4-2-9/h1-4,8,11H,5-7,12-13H2. The van der Waals surface area contributed by atoms with Crippen LogP contribution in [0.25, 0.3) is 0 Å². The summed E-state index contributed by atoms with van der Waals surface area (Å²) in [5.41, 5.74) is 13.0. The molecule has 0 heterocycles. The van der Waals surface area contributed by atoms with Crippen LogP contribution in [-0.2, 0) is 6.42 Å². The second kappa shape index (κ2) is 5.52. The molecule has 0 bridgehead atoms. The fraction of sp³-hybridized carbons (Fsp3) is 0.364. The maximum absolute atomic E-state index is 10.4. The quantitative estimate of drug-likeness (QED) is 0.670. The zero-order valence-electron chi connectivity index (χ0n) is 8.15. The predicted octanol–water partition coefficient (Wildman–Crippen LogP) is 0.575. The first-order valence-electron chi connectivity index (χ1n) is 4.74. The van der Waals surface area contributed by atoms with Gasteiger partial charge in [-0.3, -0.25) is 4.79 Å². The topological polar surface area (TPSA) is 69.1 Å². The van der Waals surface area contributed by atoms with Gasteiger partial charge >= 0.3 is 0 Å². The van der Waals surface area contributed by atoms with E-state index in [0.717, 1.165) is 12.7 Å². The molecular weight excluding hydrogens is 176 g/mol. The Morgan fingerprint density at radius 3 is 2.14 bits per heavy atom. The predicted molar refractivity (Wildman–Crippen MR) is 57.1 cm³/mol. The molecule has 0 radical (unpaired) electrons. The molecule has 1 aromatic rings. The number of carbonyl (C=O) groups excluding carboxylic acids is 1. The maximum Gasteiger partial charge on any atom is 0.150 e. The van der Waals surface area contributed by atoms with Crippen LogP contribution in [0, 0.1) is 5.92 Å². The molecule has 0 fully saturated rings. The minimum atomic E-state index is 0.331. The molecule has 1 aromatic carbocycles. The molecule has 0 aliphatic heterocycles. The van der Waals surface area contributed by atoms with Crippen molar-refractivity contribution in [1.29, 1.82) is 0 Å². The molecular formula is C11H16N2O. The van der Waals surface area contributed by atoms with Gasteiger partial charge in [0.1, 0.15) is 6.29 Å². The largest absolute Gasteiger partial charge is 0.330 e. The Balaban J connectivity index is 2.63. The Hall–Kier alpha value is -1.19. The summed E-state index contributed by atoms with van der Waals surface area (Å²) in [6.07, 6.45) is 1.72. The lowest BCUT2D eigenvalue weighted by Gasteiger charge is -2.11. The van der Waals surface area contributed by atoms with E-state index in [1.165, 1.54) is 5.56 Å². The average molecular weight is 192 g/mol. The Kier molecular flexibility index (Phi) is 4.29. The Morgan fingerprint density at radius 1 is 1.14 bits per heavy atom. The van der Waals surface area contributed by atoms with Crippen molar-refractivity contribution in [3.05, 3.63) is 35.4 Å². The van der Waals surface area contributed by atoms with Gasteiger partial charge in [-0.2, -0.15) is 0 Å². The van der Waals surface area contributed by atoms with Crippen molar-refractivity contribution in [3.63, 3.8) is 0 Å². The Labute approximate surface area is 84.1 Å². The van der Waals surface area contributed by atoms with Crippen molar-refractivity contribution < 1.29 is 4.79 Å². The molecule has 0 saturated heterocycles. The fourth-order valence-electron chi connectivity index (χ4n) is 1.33. The van der Waals surface area contributed by atoms with Gasteiger partial charge in [0.25, 0.3) is 0 Å². The van der Waals surface area contributed by atoms with Gasteiger partial charge < -0.3 is 11.5 Å². The van der Waals surface area contributed by atoms with Crippen LogP contribution >= 0.6 is 0 Å². The van der Waals surface area contributed by atoms with Crippen molar-refractivity contribution in [3.8, 4) is 0 Å². The second-order valence-electron chi connectivity index (χ2n) is 3.40. The summed E-state index contributed by atoms with van der Waals surface area (Å²) in [5, 5.41) is 0. The third kappa shape index (κ3) is 2.94. The molecule has 0 amide bonds. The minimum Gasteiger partial charge on any atom is -0.330 e. The average Bonchev–Trinajstić information content (AvgIpc) is 2.26. The normalized spacial score (nSPS) is 10.5. The monoisotopic (exact) mass is 192 g/mol. The van der Waals surface area contributed by atoms with Gasteiger partial charge in [0.05, 0.1) is 0 Å². The lowest BCUT2D eigenvalue weighted by atomic mass is 9.99. The Bertz CT molecular complexity index is 278. The number of benzene rings is 1. The molecule has 0 aliphatic rings. The molecule has 4 N–H and O–H groups in total. The van der Waals surface area contributed by atoms with Crippen LogP contribution < -0.4 is 11.5 Å². The number of aldehydes is 1. The molecule has 0 aromatic heterocycles. The third-order valence-corrected chi connectivity index (χ3v) is 2.31. The van der Waals surface area contributed by atoms with Gasteiger partial charge in [0.15, 0.2) is 0 Å². The van der Waals surface area contributed by atoms with Crippen molar-refractivity contribution in [2.45, 2.75) is 6.42 Å². The van der Waals surface area contributed by atoms with Crippen molar-refractivity contribution >= 4 is 6.29 Å². The number of rotatable bonds is 5. The molecule has 14 heavy (non-hydrogen) atoms. The van der Waals surface area contributed by atoms with Gasteiger partial charge in [0, 0.05) is 5.56 Å². The summed E-state index contributed by atoms with van der Waals surface area (Å²) < 4.78 is 0. The van der Waals surface area contributed by atoms with E-state index in [9.17, 15) is 4.79 Å². The zero-order chi connectivity index (χ0) is 10.4. The van der Waals surface area contributed by atoms with E-state index in [4.69, 9.17) is 11.5 Å². The molecule has 0 atom stereocenters. The van der Waals surface area contributed by atoms with Crippen molar-refractivity contribution in [2.75, 3.05) is 13.1 Å². The highest BCUT2D eigenvalue weighted by atomic mass is 16.1. The van der Waals surface area contributed by atoms with E-state index in [1.807, 2.05) is 24.3 Å². The van der Waals surface area contributed by atoms with Crippen LogP contribution in [0.2, 0.25) is 0 Å². The number of carbonyl (C=O) groups is 1. The first-order valence-corrected chi connectivity index (χ1v) is 4.74. The van der Waals surface area contributed by atoms with Crippen molar-refractivity contribution in [1.82, 2.24) is 0 Å². The van der Waals surface area contributed by atoms with E-state index in [0.29, 0.717) is 24.6 Å². The third-order valence-electron chi connectivity index (χ3n) is 2.31. The van der Waals surface area contributed by atoms with Crippen LogP contribution in [-0.4, -0.2) is 19.4 Å². The van der Waals surface area contributed by atoms with Crippen molar-refractivity contribution in [2.24, 2.45) is 17.4 Å². The second-order valence-corrected chi connectivity index (χ2v) is 3.40. The van der Waals surface area contributed by atoms with Gasteiger partial charge in [-0.25, -0.2) is 0 Å². The van der Waals surface area contributed by atoms with Crippen LogP contribution in [0.3, 0.4) is 0 Å². The summed E-state index contributed by atoms with van der Waals surface area (Å²) in [6.45, 7) is 1.21. The van der Waals surface area contributed by atoms with Gasteiger partial charge in [-0.1, -0.05) is 24.3 Å². The summed E-state index contributed by atoms with van der Waals surface area (Å²) >= 11 is 0. The van der Waals surface area contributed by atoms with Crippen LogP contribution in [0.5, 0.6) is 0 Å². The lowest BCUT2D eigenvalue weighted by Crippen LogP contribution is -2.25. The highest BCUT2D eigenvalue weighted by Crippen LogP contribution is 2.08. The van der Waals surface area contributed by atoms with E-state index in [2.05, 4.69) is 0 Å². The fourth-order valence-corrected chi connectivity index (χ4v) is 1.33. The lowest BCUT2D eigenvalue weighted by molar-refractivity contribution is 0.112. The molecule has 0 unspecified atom stereocenters. The minimum absolute atomic E-state index is 0.331. The highest BCUT2D eigenvalue weighted by Gasteiger charge is 2.04. The molecule has 0 aliphatic carbocycles. The van der Waals surface area contributed by atoms with E-state index in [1.54, 1.807) is 0 Å². The summed E-state index contributed by atoms with van der Waals surface area (Å²) in [4.78, 5) is 10.4. The van der Waals surface area contributed by atoms with Crippen LogP contribution in [0.4, 0.5) is 0 Å². The Morgan fingerprint density at radius 2 is 1.71 bits per heavy atom. The summed E-state index contributed by atoms with van der Waals surface area (Å²) in [6, 6.07) is 7.52. The molecule has 0 saturated carbocycles. The molecule has 3 heteroatoms. The number of hydrogen-bond donors (Lipinski definition) is 2. The first-order chi connectivity index (χ1) is 6.80. The van der Waals surface area contributed by atoms with Crippen LogP contribution in [0.1, 0.15) is 15.9 Å². The molecule has 76 valence electrons. The summed E-state index contributed by atoms with van der Waals surface area (Å²) in [7, 11) is 0. The SMILES string of the molecule is NCC(CN)Cc1ccc(C=O)cc1. The smallest absolute Gasteiger partial charge is 0.150 e. The van der Waals surface area contributed by atoms with E-state index < -0.39 is 0 Å². The molecule has 0 spiro atoms. The first kappa shape index (κ1) is 10.9. The maximum atomic E-state index is 10.4. The number of nitrogens with two attached hydrogens (primary N) is 2. The van der Waals surface area contributed by atoms with Crippen LogP contribution in [0.15, 0.2) is 24.3 Å². The highest BCUT2D eigenvalue weighted by molar-refractivity contribution is 5.74. The summed E-state index contributed by atoms with van der Waals surface area (Å²) in [5.74, 6) is 0.331. The van der Waals surface area contributed by atoms with Gasteiger partial charge in [-0.15, -0.1) is 0 Å². The van der Waals surface area contributed by atoms with Gasteiger partial charge in [0.2, 0.25) is 0 Å². The number of hydrogen-bond acceptors (Lipinski definition) is 3. The van der Waals surface area contributed by atoms with E-state index in [-0.39, 0.29) is 0 Å². The van der Waals surface area contributed by atoms with Gasteiger partial charge in [-0.05, 0) is 31.0 Å². The molecule has 1 rings (SSSR count). The van der Waals surface area contributed by atoms with E-state index >= 15 is 0 Å².